The van der Waals surface area contributed by atoms with Crippen molar-refractivity contribution in [2.24, 2.45) is 5.73 Å². The SMILES string of the molecule is CC(Cn1ccnc1)NC(=O)c1ccccc1C#CCN. The fourth-order valence-corrected chi connectivity index (χ4v) is 1.99. The van der Waals surface area contributed by atoms with Crippen molar-refractivity contribution >= 4 is 5.91 Å². The number of hydrogen-bond acceptors (Lipinski definition) is 3. The quantitative estimate of drug-likeness (QED) is 0.822. The van der Waals surface area contributed by atoms with Gasteiger partial charge in [0.15, 0.2) is 0 Å². The molecular formula is C16H18N4O. The minimum atomic E-state index is -0.135. The second-order valence-electron chi connectivity index (χ2n) is 4.69. The van der Waals surface area contributed by atoms with Crippen molar-refractivity contribution in [1.82, 2.24) is 14.9 Å². The van der Waals surface area contributed by atoms with Crippen molar-refractivity contribution in [2.45, 2.75) is 19.5 Å². The zero-order valence-corrected chi connectivity index (χ0v) is 11.9. The monoisotopic (exact) mass is 282 g/mol. The molecule has 1 heterocycles. The number of nitrogens with two attached hydrogens (primary N) is 1. The van der Waals surface area contributed by atoms with Crippen LogP contribution in [0.2, 0.25) is 0 Å². The number of carbonyl (C=O) groups is 1. The van der Waals surface area contributed by atoms with Gasteiger partial charge in [-0.2, -0.15) is 0 Å². The molecular weight excluding hydrogens is 264 g/mol. The van der Waals surface area contributed by atoms with Crippen LogP contribution < -0.4 is 11.1 Å². The van der Waals surface area contributed by atoms with Crippen molar-refractivity contribution in [3.05, 3.63) is 54.1 Å². The van der Waals surface area contributed by atoms with Crippen LogP contribution in [0.4, 0.5) is 0 Å². The maximum absolute atomic E-state index is 12.3. The molecule has 21 heavy (non-hydrogen) atoms. The summed E-state index contributed by atoms with van der Waals surface area (Å²) >= 11 is 0. The van der Waals surface area contributed by atoms with E-state index in [-0.39, 0.29) is 18.5 Å². The molecule has 0 saturated heterocycles. The predicted molar refractivity (Wildman–Crippen MR) is 81.5 cm³/mol. The summed E-state index contributed by atoms with van der Waals surface area (Å²) in [5.74, 6) is 5.56. The van der Waals surface area contributed by atoms with E-state index in [1.165, 1.54) is 0 Å². The van der Waals surface area contributed by atoms with Crippen LogP contribution in [0.5, 0.6) is 0 Å². The number of nitrogens with one attached hydrogen (secondary N) is 1. The molecule has 0 radical (unpaired) electrons. The topological polar surface area (TPSA) is 72.9 Å². The van der Waals surface area contributed by atoms with Crippen LogP contribution in [0.25, 0.3) is 0 Å². The first-order valence-corrected chi connectivity index (χ1v) is 6.75. The zero-order valence-electron chi connectivity index (χ0n) is 11.9. The van der Waals surface area contributed by atoms with Crippen molar-refractivity contribution in [2.75, 3.05) is 6.54 Å². The van der Waals surface area contributed by atoms with Crippen LogP contribution in [-0.4, -0.2) is 28.0 Å². The third-order valence-corrected chi connectivity index (χ3v) is 2.92. The predicted octanol–water partition coefficient (Wildman–Crippen LogP) is 1.01. The molecule has 0 spiro atoms. The highest BCUT2D eigenvalue weighted by Crippen LogP contribution is 2.07. The summed E-state index contributed by atoms with van der Waals surface area (Å²) in [6.45, 7) is 2.89. The standard InChI is InChI=1S/C16H18N4O/c1-13(11-20-10-9-18-12-20)19-16(21)15-7-3-2-5-14(15)6-4-8-17/h2-3,5,7,9-10,12-13H,8,11,17H2,1H3,(H,19,21). The molecule has 1 aromatic heterocycles. The van der Waals surface area contributed by atoms with E-state index < -0.39 is 0 Å². The van der Waals surface area contributed by atoms with E-state index in [1.807, 2.05) is 35.9 Å². The molecule has 0 aliphatic carbocycles. The summed E-state index contributed by atoms with van der Waals surface area (Å²) in [6.07, 6.45) is 5.30. The summed E-state index contributed by atoms with van der Waals surface area (Å²) < 4.78 is 1.92. The third kappa shape index (κ3) is 4.20. The highest BCUT2D eigenvalue weighted by atomic mass is 16.1. The lowest BCUT2D eigenvalue weighted by molar-refractivity contribution is 0.0936. The van der Waals surface area contributed by atoms with Gasteiger partial charge in [-0.1, -0.05) is 24.0 Å². The van der Waals surface area contributed by atoms with Gasteiger partial charge in [0.05, 0.1) is 18.4 Å². The van der Waals surface area contributed by atoms with Gasteiger partial charge in [0, 0.05) is 30.5 Å². The van der Waals surface area contributed by atoms with Crippen LogP contribution in [-0.2, 0) is 6.54 Å². The van der Waals surface area contributed by atoms with Crippen LogP contribution >= 0.6 is 0 Å². The lowest BCUT2D eigenvalue weighted by Gasteiger charge is -2.15. The van der Waals surface area contributed by atoms with E-state index in [9.17, 15) is 4.79 Å². The second-order valence-corrected chi connectivity index (χ2v) is 4.69. The maximum Gasteiger partial charge on any atom is 0.252 e. The average molecular weight is 282 g/mol. The Balaban J connectivity index is 2.06. The molecule has 5 heteroatoms. The average Bonchev–Trinajstić information content (AvgIpc) is 2.98. The number of imidazole rings is 1. The molecule has 0 bridgehead atoms. The summed E-state index contributed by atoms with van der Waals surface area (Å²) in [5.41, 5.74) is 6.63. The summed E-state index contributed by atoms with van der Waals surface area (Å²) in [4.78, 5) is 16.3. The number of benzene rings is 1. The number of aromatic nitrogens is 2. The minimum absolute atomic E-state index is 0.0118. The largest absolute Gasteiger partial charge is 0.348 e. The number of amides is 1. The lowest BCUT2D eigenvalue weighted by Crippen LogP contribution is -2.35. The first kappa shape index (κ1) is 14.8. The van der Waals surface area contributed by atoms with Gasteiger partial charge in [-0.05, 0) is 19.1 Å². The second kappa shape index (κ2) is 7.27. The van der Waals surface area contributed by atoms with Crippen LogP contribution in [0.3, 0.4) is 0 Å². The molecule has 2 rings (SSSR count). The minimum Gasteiger partial charge on any atom is -0.348 e. The highest BCUT2D eigenvalue weighted by Gasteiger charge is 2.12. The lowest BCUT2D eigenvalue weighted by atomic mass is 10.1. The van der Waals surface area contributed by atoms with Gasteiger partial charge in [-0.3, -0.25) is 4.79 Å². The van der Waals surface area contributed by atoms with E-state index in [1.54, 1.807) is 18.6 Å². The molecule has 0 aliphatic rings. The van der Waals surface area contributed by atoms with E-state index in [0.717, 1.165) is 0 Å². The smallest absolute Gasteiger partial charge is 0.252 e. The first-order valence-electron chi connectivity index (χ1n) is 6.75. The normalized spacial score (nSPS) is 11.3. The Morgan fingerprint density at radius 1 is 1.48 bits per heavy atom. The van der Waals surface area contributed by atoms with E-state index in [0.29, 0.717) is 17.7 Å². The molecule has 3 N–H and O–H groups in total. The van der Waals surface area contributed by atoms with Gasteiger partial charge in [0.1, 0.15) is 0 Å². The van der Waals surface area contributed by atoms with Gasteiger partial charge in [0.25, 0.3) is 5.91 Å². The van der Waals surface area contributed by atoms with Crippen LogP contribution in [0.15, 0.2) is 43.0 Å². The summed E-state index contributed by atoms with van der Waals surface area (Å²) in [6, 6.07) is 7.25. The Kier molecular flexibility index (Phi) is 5.13. The Labute approximate surface area is 124 Å². The Hall–Kier alpha value is -2.58. The maximum atomic E-state index is 12.3. The molecule has 5 nitrogen and oxygen atoms in total. The summed E-state index contributed by atoms with van der Waals surface area (Å²) in [7, 11) is 0. The van der Waals surface area contributed by atoms with Gasteiger partial charge in [-0.25, -0.2) is 4.98 Å². The molecule has 0 saturated carbocycles. The molecule has 2 aromatic rings. The third-order valence-electron chi connectivity index (χ3n) is 2.92. The summed E-state index contributed by atoms with van der Waals surface area (Å²) in [5, 5.41) is 2.96. The fourth-order valence-electron chi connectivity index (χ4n) is 1.99. The molecule has 1 aromatic carbocycles. The number of carbonyl (C=O) groups excluding carboxylic acids is 1. The van der Waals surface area contributed by atoms with E-state index >= 15 is 0 Å². The molecule has 0 aliphatic heterocycles. The van der Waals surface area contributed by atoms with E-state index in [4.69, 9.17) is 5.73 Å². The van der Waals surface area contributed by atoms with E-state index in [2.05, 4.69) is 22.1 Å². The zero-order chi connectivity index (χ0) is 15.1. The van der Waals surface area contributed by atoms with Gasteiger partial charge >= 0.3 is 0 Å². The van der Waals surface area contributed by atoms with Crippen molar-refractivity contribution < 1.29 is 4.79 Å². The van der Waals surface area contributed by atoms with Crippen LogP contribution in [0, 0.1) is 11.8 Å². The fraction of sp³-hybridized carbons (Fsp3) is 0.250. The molecule has 1 unspecified atom stereocenters. The van der Waals surface area contributed by atoms with Crippen LogP contribution in [0.1, 0.15) is 22.8 Å². The van der Waals surface area contributed by atoms with Gasteiger partial charge in [-0.15, -0.1) is 0 Å². The van der Waals surface area contributed by atoms with Gasteiger partial charge < -0.3 is 15.6 Å². The Bertz CT molecular complexity index is 652. The van der Waals surface area contributed by atoms with Gasteiger partial charge in [0.2, 0.25) is 0 Å². The number of nitrogens with zero attached hydrogens (tertiary/aromatic N) is 2. The molecule has 1 atom stereocenters. The van der Waals surface area contributed by atoms with Crippen molar-refractivity contribution in [1.29, 1.82) is 0 Å². The van der Waals surface area contributed by atoms with Crippen molar-refractivity contribution in [3.8, 4) is 11.8 Å². The Morgan fingerprint density at radius 2 is 2.29 bits per heavy atom. The highest BCUT2D eigenvalue weighted by molar-refractivity contribution is 5.96. The Morgan fingerprint density at radius 3 is 3.00 bits per heavy atom. The molecule has 0 fully saturated rings. The number of hydrogen-bond donors (Lipinski definition) is 2. The first-order chi connectivity index (χ1) is 10.2. The molecule has 1 amide bonds. The number of rotatable bonds is 4. The van der Waals surface area contributed by atoms with Crippen molar-refractivity contribution in [3.63, 3.8) is 0 Å². The molecule has 108 valence electrons.